The summed E-state index contributed by atoms with van der Waals surface area (Å²) in [6, 6.07) is 6.89. The number of carbonyl (C=O) groups is 3. The van der Waals surface area contributed by atoms with Gasteiger partial charge in [0, 0.05) is 21.2 Å². The van der Waals surface area contributed by atoms with Crippen molar-refractivity contribution < 1.29 is 20.5 Å². The molecule has 0 spiro atoms. The summed E-state index contributed by atoms with van der Waals surface area (Å²) < 4.78 is 5.58. The summed E-state index contributed by atoms with van der Waals surface area (Å²) in [5, 5.41) is 2.98. The fraction of sp³-hybridized carbons (Fsp3) is 0.571. The number of rotatable bonds is 5. The van der Waals surface area contributed by atoms with Gasteiger partial charge in [0.2, 0.25) is 11.8 Å². The standard InChI is InChI=1S/C21H30N4O4.H2/c1-5-14(2)19-20(27)22-17-9-7-6-8-15(17)10-25(19)21(28)24-11-16(12-24)29-13-18(26)23(3)4;/h6-9,14,16,19H,5,10-13H2,1-4H3,(H,22,27);1H/t14-,19-;/m0./s1. The zero-order valence-electron chi connectivity index (χ0n) is 17.6. The number of amides is 4. The molecule has 2 atom stereocenters. The van der Waals surface area contributed by atoms with Crippen molar-refractivity contribution in [2.45, 2.75) is 39.0 Å². The summed E-state index contributed by atoms with van der Waals surface area (Å²) in [6.07, 6.45) is 0.634. The molecule has 1 aromatic rings. The van der Waals surface area contributed by atoms with Gasteiger partial charge in [-0.15, -0.1) is 0 Å². The molecule has 0 aliphatic carbocycles. The molecule has 2 aliphatic heterocycles. The Hall–Kier alpha value is -2.61. The van der Waals surface area contributed by atoms with Crippen molar-refractivity contribution in [1.82, 2.24) is 14.7 Å². The maximum atomic E-state index is 13.3. The number of benzene rings is 1. The lowest BCUT2D eigenvalue weighted by Gasteiger charge is -2.43. The molecule has 0 saturated carbocycles. The molecule has 2 heterocycles. The third kappa shape index (κ3) is 4.53. The van der Waals surface area contributed by atoms with Crippen molar-refractivity contribution in [3.05, 3.63) is 29.8 Å². The molecule has 8 nitrogen and oxygen atoms in total. The first-order chi connectivity index (χ1) is 13.8. The number of hydrogen-bond donors (Lipinski definition) is 1. The second-order valence-corrected chi connectivity index (χ2v) is 8.01. The number of carbonyl (C=O) groups excluding carboxylic acids is 3. The van der Waals surface area contributed by atoms with Gasteiger partial charge in [-0.1, -0.05) is 38.5 Å². The number of urea groups is 1. The monoisotopic (exact) mass is 404 g/mol. The molecule has 1 fully saturated rings. The molecule has 3 rings (SSSR count). The van der Waals surface area contributed by atoms with Gasteiger partial charge in [-0.2, -0.15) is 0 Å². The Morgan fingerprint density at radius 2 is 2.00 bits per heavy atom. The number of hydrogen-bond acceptors (Lipinski definition) is 4. The number of ether oxygens (including phenoxy) is 1. The van der Waals surface area contributed by atoms with E-state index in [2.05, 4.69) is 5.32 Å². The number of nitrogens with zero attached hydrogens (tertiary/aromatic N) is 3. The normalized spacial score (nSPS) is 20.3. The fourth-order valence-electron chi connectivity index (χ4n) is 3.59. The Morgan fingerprint density at radius 3 is 2.66 bits per heavy atom. The Morgan fingerprint density at radius 1 is 1.31 bits per heavy atom. The molecule has 8 heteroatoms. The largest absolute Gasteiger partial charge is 0.365 e. The summed E-state index contributed by atoms with van der Waals surface area (Å²) in [7, 11) is 3.36. The summed E-state index contributed by atoms with van der Waals surface area (Å²) in [5.74, 6) is -0.228. The van der Waals surface area contributed by atoms with Crippen molar-refractivity contribution >= 4 is 23.5 Å². The van der Waals surface area contributed by atoms with Crippen molar-refractivity contribution in [2.75, 3.05) is 39.1 Å². The van der Waals surface area contributed by atoms with E-state index in [9.17, 15) is 14.4 Å². The first-order valence-corrected chi connectivity index (χ1v) is 10.1. The molecular weight excluding hydrogens is 372 g/mol. The molecular formula is C21H32N4O4. The summed E-state index contributed by atoms with van der Waals surface area (Å²) >= 11 is 0. The van der Waals surface area contributed by atoms with E-state index >= 15 is 0 Å². The predicted molar refractivity (Wildman–Crippen MR) is 111 cm³/mol. The van der Waals surface area contributed by atoms with E-state index in [-0.39, 0.29) is 37.9 Å². The van der Waals surface area contributed by atoms with Crippen molar-refractivity contribution in [3.63, 3.8) is 0 Å². The zero-order chi connectivity index (χ0) is 21.1. The first kappa shape index (κ1) is 21.1. The second kappa shape index (κ2) is 8.82. The van der Waals surface area contributed by atoms with Crippen LogP contribution in [0.15, 0.2) is 24.3 Å². The third-order valence-electron chi connectivity index (χ3n) is 5.71. The highest BCUT2D eigenvalue weighted by Crippen LogP contribution is 2.29. The maximum Gasteiger partial charge on any atom is 0.321 e. The Labute approximate surface area is 173 Å². The molecule has 0 aromatic heterocycles. The van der Waals surface area contributed by atoms with Crippen LogP contribution in [0.1, 0.15) is 27.3 Å². The molecule has 0 radical (unpaired) electrons. The van der Waals surface area contributed by atoms with E-state index in [1.807, 2.05) is 38.1 Å². The quantitative estimate of drug-likeness (QED) is 0.814. The molecule has 160 valence electrons. The van der Waals surface area contributed by atoms with Crippen LogP contribution in [0.2, 0.25) is 0 Å². The van der Waals surface area contributed by atoms with Crippen LogP contribution in [0, 0.1) is 5.92 Å². The van der Waals surface area contributed by atoms with E-state index in [0.29, 0.717) is 19.6 Å². The average molecular weight is 405 g/mol. The number of likely N-dealkylation sites (N-methyl/N-ethyl adjacent to an activating group) is 1. The first-order valence-electron chi connectivity index (χ1n) is 10.1. The third-order valence-corrected chi connectivity index (χ3v) is 5.71. The van der Waals surface area contributed by atoms with Gasteiger partial charge >= 0.3 is 6.03 Å². The van der Waals surface area contributed by atoms with Crippen molar-refractivity contribution in [1.29, 1.82) is 0 Å². The Kier molecular flexibility index (Phi) is 6.42. The minimum absolute atomic E-state index is 0. The minimum atomic E-state index is -0.532. The van der Waals surface area contributed by atoms with E-state index in [1.165, 1.54) is 4.90 Å². The maximum absolute atomic E-state index is 13.3. The van der Waals surface area contributed by atoms with Gasteiger partial charge in [0.05, 0.1) is 25.7 Å². The Balaban J connectivity index is 0.00000320. The van der Waals surface area contributed by atoms with Crippen molar-refractivity contribution in [3.8, 4) is 0 Å². The van der Waals surface area contributed by atoms with Gasteiger partial charge in [0.25, 0.3) is 0 Å². The zero-order valence-corrected chi connectivity index (χ0v) is 17.6. The lowest BCUT2D eigenvalue weighted by Crippen LogP contribution is -2.61. The highest BCUT2D eigenvalue weighted by molar-refractivity contribution is 5.99. The van der Waals surface area contributed by atoms with Gasteiger partial charge in [-0.05, 0) is 17.5 Å². The predicted octanol–water partition coefficient (Wildman–Crippen LogP) is 2.01. The lowest BCUT2D eigenvalue weighted by molar-refractivity contribution is -0.139. The van der Waals surface area contributed by atoms with Crippen LogP contribution in [-0.4, -0.2) is 78.5 Å². The SMILES string of the molecule is CC[C@H](C)[C@H]1C(=O)Nc2ccccc2CN1C(=O)N1CC(OCC(=O)N(C)C)C1.[HH]. The van der Waals surface area contributed by atoms with Gasteiger partial charge in [0.1, 0.15) is 12.6 Å². The molecule has 1 saturated heterocycles. The topological polar surface area (TPSA) is 82.2 Å². The molecule has 2 aliphatic rings. The van der Waals surface area contributed by atoms with Gasteiger partial charge in [-0.25, -0.2) is 4.79 Å². The molecule has 0 unspecified atom stereocenters. The van der Waals surface area contributed by atoms with Crippen LogP contribution in [0.25, 0.3) is 0 Å². The van der Waals surface area contributed by atoms with Gasteiger partial charge < -0.3 is 24.8 Å². The smallest absolute Gasteiger partial charge is 0.321 e. The number of para-hydroxylation sites is 1. The Bertz CT molecular complexity index is 782. The van der Waals surface area contributed by atoms with Gasteiger partial charge in [-0.3, -0.25) is 9.59 Å². The van der Waals surface area contributed by atoms with E-state index < -0.39 is 6.04 Å². The number of fused-ring (bicyclic) bond motifs is 1. The lowest BCUT2D eigenvalue weighted by atomic mass is 9.96. The van der Waals surface area contributed by atoms with Gasteiger partial charge in [0.15, 0.2) is 0 Å². The van der Waals surface area contributed by atoms with Crippen LogP contribution in [0.4, 0.5) is 10.5 Å². The highest BCUT2D eigenvalue weighted by Gasteiger charge is 2.41. The molecule has 29 heavy (non-hydrogen) atoms. The van der Waals surface area contributed by atoms with Crippen LogP contribution >= 0.6 is 0 Å². The van der Waals surface area contributed by atoms with Crippen LogP contribution in [0.5, 0.6) is 0 Å². The number of nitrogens with one attached hydrogen (secondary N) is 1. The van der Waals surface area contributed by atoms with E-state index in [1.54, 1.807) is 23.9 Å². The van der Waals surface area contributed by atoms with Crippen LogP contribution < -0.4 is 5.32 Å². The molecule has 1 aromatic carbocycles. The minimum Gasteiger partial charge on any atom is -0.365 e. The molecule has 1 N–H and O–H groups in total. The van der Waals surface area contributed by atoms with Crippen molar-refractivity contribution in [2.24, 2.45) is 5.92 Å². The highest BCUT2D eigenvalue weighted by atomic mass is 16.5. The summed E-state index contributed by atoms with van der Waals surface area (Å²) in [6.45, 7) is 5.25. The summed E-state index contributed by atoms with van der Waals surface area (Å²) in [5.41, 5.74) is 1.68. The second-order valence-electron chi connectivity index (χ2n) is 8.01. The summed E-state index contributed by atoms with van der Waals surface area (Å²) in [4.78, 5) is 42.7. The number of likely N-dealkylation sites (tertiary alicyclic amines) is 1. The molecule has 4 amide bonds. The van der Waals surface area contributed by atoms with E-state index in [0.717, 1.165) is 17.7 Å². The van der Waals surface area contributed by atoms with Crippen LogP contribution in [0.3, 0.4) is 0 Å². The van der Waals surface area contributed by atoms with E-state index in [4.69, 9.17) is 4.74 Å². The van der Waals surface area contributed by atoms with Crippen LogP contribution in [-0.2, 0) is 20.9 Å². The fourth-order valence-corrected chi connectivity index (χ4v) is 3.59. The number of anilines is 1. The molecule has 0 bridgehead atoms. The average Bonchev–Trinajstić information content (AvgIpc) is 2.81.